The maximum absolute atomic E-state index is 10.1. The second kappa shape index (κ2) is 6.68. The van der Waals surface area contributed by atoms with Crippen LogP contribution in [0.1, 0.15) is 43.2 Å². The van der Waals surface area contributed by atoms with Crippen LogP contribution in [0.3, 0.4) is 0 Å². The van der Waals surface area contributed by atoms with Crippen LogP contribution in [0.5, 0.6) is 5.75 Å². The summed E-state index contributed by atoms with van der Waals surface area (Å²) in [6.07, 6.45) is 6.26. The number of hydrogen-bond donors (Lipinski definition) is 3. The molecule has 2 fully saturated rings. The first kappa shape index (κ1) is 17.5. The van der Waals surface area contributed by atoms with Gasteiger partial charge in [-0.15, -0.1) is 10.2 Å². The number of aromatic hydroxyl groups is 1. The molecule has 1 spiro atoms. The fourth-order valence-electron chi connectivity index (χ4n) is 3.24. The Morgan fingerprint density at radius 3 is 2.50 bits per heavy atom. The van der Waals surface area contributed by atoms with Crippen LogP contribution in [0.25, 0.3) is 11.3 Å². The Kier molecular flexibility index (Phi) is 4.50. The fraction of sp³-hybridized carbons (Fsp3) is 0.474. The molecule has 1 aliphatic heterocycles. The molecule has 0 saturated heterocycles. The largest absolute Gasteiger partial charge is 0.507 e. The summed E-state index contributed by atoms with van der Waals surface area (Å²) in [6, 6.07) is 4.99. The quantitative estimate of drug-likeness (QED) is 0.707. The zero-order valence-corrected chi connectivity index (χ0v) is 15.2. The Bertz CT molecular complexity index is 835. The molecule has 138 valence electrons. The summed E-state index contributed by atoms with van der Waals surface area (Å²) >= 11 is 5.89. The van der Waals surface area contributed by atoms with Crippen molar-refractivity contribution in [1.82, 2.24) is 10.2 Å². The number of anilines is 1. The van der Waals surface area contributed by atoms with Crippen molar-refractivity contribution in [3.05, 3.63) is 34.3 Å². The number of aliphatic hydroxyl groups excluding tert-OH is 1. The molecule has 2 saturated carbocycles. The molecule has 0 atom stereocenters. The highest BCUT2D eigenvalue weighted by Gasteiger charge is 2.48. The van der Waals surface area contributed by atoms with E-state index in [2.05, 4.69) is 10.2 Å². The molecule has 1 aromatic heterocycles. The standard InChI is InChI=1S/C15H14ClN3O2.C4H8O/c16-8-1-2-9(12(20)5-8)13-10-6-15(3-4-15)21-7-11(10)14(17)19-18-13;5-4-2-1-3-4/h1-2,5,20H,3-4,6-7H2,(H2,17,19);4-5H,1-3H2. The second-order valence-electron chi connectivity index (χ2n) is 7.29. The van der Waals surface area contributed by atoms with E-state index < -0.39 is 0 Å². The van der Waals surface area contributed by atoms with Crippen LogP contribution in [0.4, 0.5) is 5.82 Å². The molecule has 0 radical (unpaired) electrons. The minimum atomic E-state index is -0.0563. The zero-order chi connectivity index (χ0) is 18.3. The summed E-state index contributed by atoms with van der Waals surface area (Å²) in [5.74, 6) is 0.498. The number of nitrogens with zero attached hydrogens (tertiary/aromatic N) is 2. The van der Waals surface area contributed by atoms with E-state index in [0.29, 0.717) is 28.7 Å². The highest BCUT2D eigenvalue weighted by atomic mass is 35.5. The lowest BCUT2D eigenvalue weighted by Crippen LogP contribution is -2.26. The van der Waals surface area contributed by atoms with Crippen molar-refractivity contribution in [1.29, 1.82) is 0 Å². The fourth-order valence-corrected chi connectivity index (χ4v) is 3.41. The van der Waals surface area contributed by atoms with E-state index in [4.69, 9.17) is 27.2 Å². The molecule has 6 nitrogen and oxygen atoms in total. The number of halogens is 1. The molecular weight excluding hydrogens is 354 g/mol. The number of nitrogen functional groups attached to an aromatic ring is 1. The lowest BCUT2D eigenvalue weighted by Gasteiger charge is -2.27. The maximum Gasteiger partial charge on any atom is 0.151 e. The third-order valence-electron chi connectivity index (χ3n) is 5.34. The third-order valence-corrected chi connectivity index (χ3v) is 5.57. The van der Waals surface area contributed by atoms with Crippen molar-refractivity contribution in [2.75, 3.05) is 5.73 Å². The summed E-state index contributed by atoms with van der Waals surface area (Å²) in [4.78, 5) is 0. The first-order valence-corrected chi connectivity index (χ1v) is 9.30. The molecule has 26 heavy (non-hydrogen) atoms. The lowest BCUT2D eigenvalue weighted by molar-refractivity contribution is 0.00838. The Hall–Kier alpha value is -1.89. The van der Waals surface area contributed by atoms with E-state index in [-0.39, 0.29) is 17.5 Å². The van der Waals surface area contributed by atoms with Gasteiger partial charge >= 0.3 is 0 Å². The van der Waals surface area contributed by atoms with Gasteiger partial charge in [0.1, 0.15) is 11.4 Å². The number of ether oxygens (including phenoxy) is 1. The minimum absolute atomic E-state index is 0.0563. The predicted molar refractivity (Wildman–Crippen MR) is 98.9 cm³/mol. The van der Waals surface area contributed by atoms with Gasteiger partial charge in [0.2, 0.25) is 0 Å². The van der Waals surface area contributed by atoms with Gasteiger partial charge in [0, 0.05) is 22.6 Å². The van der Waals surface area contributed by atoms with Gasteiger partial charge in [-0.2, -0.15) is 0 Å². The van der Waals surface area contributed by atoms with Crippen molar-refractivity contribution in [3.8, 4) is 17.0 Å². The molecule has 7 heteroatoms. The van der Waals surface area contributed by atoms with Crippen molar-refractivity contribution >= 4 is 17.4 Å². The van der Waals surface area contributed by atoms with Gasteiger partial charge in [-0.1, -0.05) is 11.6 Å². The number of benzene rings is 1. The molecular formula is C19H22ClN3O3. The average molecular weight is 376 g/mol. The highest BCUT2D eigenvalue weighted by Crippen LogP contribution is 2.49. The van der Waals surface area contributed by atoms with Crippen LogP contribution >= 0.6 is 11.6 Å². The molecule has 5 rings (SSSR count). The molecule has 2 aromatic rings. The van der Waals surface area contributed by atoms with Crippen molar-refractivity contribution in [3.63, 3.8) is 0 Å². The normalized spacial score (nSPS) is 19.9. The number of aliphatic hydroxyl groups is 1. The number of phenolic OH excluding ortho intramolecular Hbond substituents is 1. The van der Waals surface area contributed by atoms with Gasteiger partial charge in [0.15, 0.2) is 5.82 Å². The smallest absolute Gasteiger partial charge is 0.151 e. The number of rotatable bonds is 1. The molecule has 0 unspecified atom stereocenters. The Labute approximate surface area is 157 Å². The van der Waals surface area contributed by atoms with Crippen LogP contribution in [-0.4, -0.2) is 32.1 Å². The maximum atomic E-state index is 10.1. The first-order valence-electron chi connectivity index (χ1n) is 8.92. The average Bonchev–Trinajstić information content (AvgIpc) is 3.33. The summed E-state index contributed by atoms with van der Waals surface area (Å²) in [5.41, 5.74) is 9.07. The van der Waals surface area contributed by atoms with Gasteiger partial charge in [0.25, 0.3) is 0 Å². The molecule has 4 N–H and O–H groups in total. The number of fused-ring (bicyclic) bond motifs is 1. The van der Waals surface area contributed by atoms with Crippen LogP contribution in [0, 0.1) is 0 Å². The van der Waals surface area contributed by atoms with E-state index in [1.165, 1.54) is 12.5 Å². The second-order valence-corrected chi connectivity index (χ2v) is 7.72. The van der Waals surface area contributed by atoms with Crippen LogP contribution in [0.2, 0.25) is 5.02 Å². The Balaban J connectivity index is 0.000000292. The first-order chi connectivity index (χ1) is 12.5. The SMILES string of the molecule is Nc1nnc(-c2ccc(Cl)cc2O)c2c1COC1(CC1)C2.OC1CCC1. The number of hydrogen-bond acceptors (Lipinski definition) is 6. The monoisotopic (exact) mass is 375 g/mol. The van der Waals surface area contributed by atoms with E-state index in [1.807, 2.05) is 0 Å². The number of aromatic nitrogens is 2. The zero-order valence-electron chi connectivity index (χ0n) is 14.4. The lowest BCUT2D eigenvalue weighted by atomic mass is 9.93. The van der Waals surface area contributed by atoms with Crippen LogP contribution in [-0.2, 0) is 17.8 Å². The van der Waals surface area contributed by atoms with Gasteiger partial charge in [-0.05, 0) is 55.9 Å². The van der Waals surface area contributed by atoms with E-state index in [1.54, 1.807) is 12.1 Å². The van der Waals surface area contributed by atoms with Gasteiger partial charge in [-0.25, -0.2) is 0 Å². The summed E-state index contributed by atoms with van der Waals surface area (Å²) in [7, 11) is 0. The number of nitrogens with two attached hydrogens (primary N) is 1. The van der Waals surface area contributed by atoms with Crippen molar-refractivity contribution in [2.24, 2.45) is 0 Å². The Morgan fingerprint density at radius 1 is 1.19 bits per heavy atom. The minimum Gasteiger partial charge on any atom is -0.507 e. The molecule has 0 amide bonds. The molecule has 3 aliphatic rings. The third kappa shape index (κ3) is 3.37. The number of phenols is 1. The molecule has 0 bridgehead atoms. The van der Waals surface area contributed by atoms with Crippen LogP contribution in [0.15, 0.2) is 18.2 Å². The topological polar surface area (TPSA) is 101 Å². The summed E-state index contributed by atoms with van der Waals surface area (Å²) < 4.78 is 5.89. The highest BCUT2D eigenvalue weighted by molar-refractivity contribution is 6.30. The summed E-state index contributed by atoms with van der Waals surface area (Å²) in [6.45, 7) is 0.456. The van der Waals surface area contributed by atoms with Gasteiger partial charge in [-0.3, -0.25) is 0 Å². The van der Waals surface area contributed by atoms with Gasteiger partial charge < -0.3 is 20.7 Å². The molecule has 2 heterocycles. The van der Waals surface area contributed by atoms with E-state index >= 15 is 0 Å². The van der Waals surface area contributed by atoms with Crippen molar-refractivity contribution in [2.45, 2.75) is 56.8 Å². The van der Waals surface area contributed by atoms with Gasteiger partial charge in [0.05, 0.1) is 18.3 Å². The van der Waals surface area contributed by atoms with Crippen molar-refractivity contribution < 1.29 is 14.9 Å². The molecule has 1 aromatic carbocycles. The predicted octanol–water partition coefficient (Wildman–Crippen LogP) is 3.22. The van der Waals surface area contributed by atoms with E-state index in [0.717, 1.165) is 43.2 Å². The molecule has 2 aliphatic carbocycles. The van der Waals surface area contributed by atoms with Crippen LogP contribution < -0.4 is 5.73 Å². The van der Waals surface area contributed by atoms with E-state index in [9.17, 15) is 5.11 Å². The Morgan fingerprint density at radius 2 is 1.92 bits per heavy atom. The summed E-state index contributed by atoms with van der Waals surface area (Å²) in [5, 5.41) is 27.3.